The van der Waals surface area contributed by atoms with E-state index in [1.807, 2.05) is 0 Å². The van der Waals surface area contributed by atoms with E-state index >= 15 is 0 Å². The molecular formula is C27H38O4. The standard InChI is InChI=1S/C27H38O4/c1-15-7-10-27(30-14-15)16(2)24-22(31-27)12-21-19-6-5-17-11-18(28)8-9-25(17,3)20(19)13-23(29)26(21,24)4/h8-9,15-17,19-22,24H,5-7,10-14H2,1-4H3/t15-,16+,17?,19-,20+,21+,22+,24+,25+,26-,27-/m1/s1. The molecule has 6 rings (SSSR count). The maximum atomic E-state index is 14.0. The SMILES string of the molecule is C[C@@H]1CC[C@@]2(OC1)O[C@H]1C[C@H]3[C@@H]4CCC5CC(=O)C=C[C@]5(C)[C@H]4CC(=O)[C@]3(C)[C@H]1[C@@H]2C. The third-order valence-corrected chi connectivity index (χ3v) is 11.2. The largest absolute Gasteiger partial charge is 0.349 e. The van der Waals surface area contributed by atoms with Crippen molar-refractivity contribution in [3.63, 3.8) is 0 Å². The van der Waals surface area contributed by atoms with Crippen molar-refractivity contribution in [3.8, 4) is 0 Å². The average Bonchev–Trinajstić information content (AvgIpc) is 3.18. The molecule has 0 bridgehead atoms. The number of carbonyl (C=O) groups is 2. The van der Waals surface area contributed by atoms with Gasteiger partial charge in [0, 0.05) is 36.5 Å². The fourth-order valence-corrected chi connectivity index (χ4v) is 9.33. The molecule has 0 radical (unpaired) electrons. The molecule has 0 aromatic rings. The van der Waals surface area contributed by atoms with E-state index in [0.29, 0.717) is 48.2 Å². The van der Waals surface area contributed by atoms with E-state index in [-0.39, 0.29) is 34.6 Å². The summed E-state index contributed by atoms with van der Waals surface area (Å²) in [5.41, 5.74) is -0.305. The molecule has 0 aromatic heterocycles. The van der Waals surface area contributed by atoms with Crippen LogP contribution in [0.25, 0.3) is 0 Å². The highest BCUT2D eigenvalue weighted by atomic mass is 16.7. The van der Waals surface area contributed by atoms with Crippen molar-refractivity contribution in [2.75, 3.05) is 6.61 Å². The molecule has 4 heteroatoms. The Morgan fingerprint density at radius 1 is 1.03 bits per heavy atom. The lowest BCUT2D eigenvalue weighted by Crippen LogP contribution is -2.57. The molecule has 5 fully saturated rings. The molecule has 31 heavy (non-hydrogen) atoms. The first kappa shape index (κ1) is 20.6. The van der Waals surface area contributed by atoms with Gasteiger partial charge < -0.3 is 9.47 Å². The molecule has 0 amide bonds. The Morgan fingerprint density at radius 3 is 2.58 bits per heavy atom. The monoisotopic (exact) mass is 426 g/mol. The average molecular weight is 427 g/mol. The minimum atomic E-state index is -0.469. The Labute approximate surface area is 186 Å². The van der Waals surface area contributed by atoms with Crippen LogP contribution in [0.4, 0.5) is 0 Å². The van der Waals surface area contributed by atoms with Crippen molar-refractivity contribution >= 4 is 11.6 Å². The predicted octanol–water partition coefficient (Wildman–Crippen LogP) is 4.96. The van der Waals surface area contributed by atoms with Gasteiger partial charge in [-0.25, -0.2) is 0 Å². The van der Waals surface area contributed by atoms with Crippen LogP contribution >= 0.6 is 0 Å². The van der Waals surface area contributed by atoms with Crippen molar-refractivity contribution in [2.24, 2.45) is 52.3 Å². The number of Topliss-reactive ketones (excluding diaryl/α,β-unsaturated/α-hetero) is 1. The first-order chi connectivity index (χ1) is 14.7. The van der Waals surface area contributed by atoms with Crippen LogP contribution in [0.15, 0.2) is 12.2 Å². The van der Waals surface area contributed by atoms with Gasteiger partial charge in [-0.15, -0.1) is 0 Å². The minimum absolute atomic E-state index is 0.0121. The quantitative estimate of drug-likeness (QED) is 0.550. The van der Waals surface area contributed by atoms with E-state index < -0.39 is 5.79 Å². The van der Waals surface area contributed by atoms with Crippen LogP contribution in [0.3, 0.4) is 0 Å². The van der Waals surface area contributed by atoms with Gasteiger partial charge in [-0.2, -0.15) is 0 Å². The second kappa shape index (κ2) is 6.53. The second-order valence-corrected chi connectivity index (χ2v) is 12.4. The molecule has 0 N–H and O–H groups in total. The van der Waals surface area contributed by atoms with Crippen LogP contribution in [-0.2, 0) is 19.1 Å². The highest BCUT2D eigenvalue weighted by Gasteiger charge is 2.71. The van der Waals surface area contributed by atoms with E-state index in [0.717, 1.165) is 38.7 Å². The summed E-state index contributed by atoms with van der Waals surface area (Å²) >= 11 is 0. The van der Waals surface area contributed by atoms with Gasteiger partial charge in [0.25, 0.3) is 0 Å². The molecule has 11 atom stereocenters. The van der Waals surface area contributed by atoms with Crippen LogP contribution in [0.1, 0.15) is 72.6 Å². The lowest BCUT2D eigenvalue weighted by atomic mass is 9.45. The normalized spacial score (nSPS) is 58.1. The number of hydrogen-bond acceptors (Lipinski definition) is 4. The third kappa shape index (κ3) is 2.55. The lowest BCUT2D eigenvalue weighted by Gasteiger charge is -2.58. The van der Waals surface area contributed by atoms with Crippen molar-refractivity contribution in [1.29, 1.82) is 0 Å². The van der Waals surface area contributed by atoms with Crippen LogP contribution in [0.5, 0.6) is 0 Å². The Balaban J connectivity index is 1.33. The molecule has 170 valence electrons. The molecule has 4 nitrogen and oxygen atoms in total. The minimum Gasteiger partial charge on any atom is -0.349 e. The van der Waals surface area contributed by atoms with Crippen LogP contribution < -0.4 is 0 Å². The van der Waals surface area contributed by atoms with Gasteiger partial charge in [0.1, 0.15) is 5.78 Å². The van der Waals surface area contributed by atoms with E-state index in [4.69, 9.17) is 9.47 Å². The zero-order chi connectivity index (χ0) is 21.8. The molecule has 4 aliphatic carbocycles. The van der Waals surface area contributed by atoms with Crippen molar-refractivity contribution < 1.29 is 19.1 Å². The second-order valence-electron chi connectivity index (χ2n) is 12.4. The van der Waals surface area contributed by atoms with E-state index in [9.17, 15) is 9.59 Å². The van der Waals surface area contributed by atoms with E-state index in [2.05, 4.69) is 33.8 Å². The van der Waals surface area contributed by atoms with E-state index in [1.165, 1.54) is 0 Å². The summed E-state index contributed by atoms with van der Waals surface area (Å²) in [6, 6.07) is 0. The highest BCUT2D eigenvalue weighted by Crippen LogP contribution is 2.69. The number of allylic oxidation sites excluding steroid dienone is 2. The Bertz CT molecular complexity index is 838. The fourth-order valence-electron chi connectivity index (χ4n) is 9.33. The summed E-state index contributed by atoms with van der Waals surface area (Å²) < 4.78 is 13.1. The van der Waals surface area contributed by atoms with Crippen LogP contribution in [0.2, 0.25) is 0 Å². The van der Waals surface area contributed by atoms with E-state index in [1.54, 1.807) is 6.08 Å². The first-order valence-corrected chi connectivity index (χ1v) is 12.8. The summed E-state index contributed by atoms with van der Waals surface area (Å²) in [6.07, 6.45) is 10.8. The van der Waals surface area contributed by atoms with Crippen molar-refractivity contribution in [2.45, 2.75) is 84.5 Å². The van der Waals surface area contributed by atoms with Gasteiger partial charge in [0.05, 0.1) is 12.7 Å². The highest BCUT2D eigenvalue weighted by molar-refractivity contribution is 5.91. The summed E-state index contributed by atoms with van der Waals surface area (Å²) in [5.74, 6) is 3.11. The topological polar surface area (TPSA) is 52.6 Å². The van der Waals surface area contributed by atoms with Crippen LogP contribution in [-0.4, -0.2) is 30.1 Å². The van der Waals surface area contributed by atoms with Gasteiger partial charge in [-0.3, -0.25) is 9.59 Å². The van der Waals surface area contributed by atoms with Crippen LogP contribution in [0, 0.1) is 52.3 Å². The molecule has 0 aromatic carbocycles. The van der Waals surface area contributed by atoms with Gasteiger partial charge in [-0.05, 0) is 66.8 Å². The molecule has 1 unspecified atom stereocenters. The maximum absolute atomic E-state index is 14.0. The number of carbonyl (C=O) groups excluding carboxylic acids is 2. The zero-order valence-corrected chi connectivity index (χ0v) is 19.6. The molecule has 3 saturated carbocycles. The van der Waals surface area contributed by atoms with Crippen molar-refractivity contribution in [3.05, 3.63) is 12.2 Å². The molecule has 2 heterocycles. The summed E-state index contributed by atoms with van der Waals surface area (Å²) in [6.45, 7) is 9.92. The maximum Gasteiger partial charge on any atom is 0.171 e. The molecule has 2 aliphatic heterocycles. The Morgan fingerprint density at radius 2 is 1.84 bits per heavy atom. The molecule has 6 aliphatic rings. The summed E-state index contributed by atoms with van der Waals surface area (Å²) in [7, 11) is 0. The summed E-state index contributed by atoms with van der Waals surface area (Å²) in [5, 5.41) is 0. The Hall–Kier alpha value is -1.00. The number of ketones is 2. The number of fused-ring (bicyclic) bond motifs is 7. The predicted molar refractivity (Wildman–Crippen MR) is 117 cm³/mol. The lowest BCUT2D eigenvalue weighted by molar-refractivity contribution is -0.272. The first-order valence-electron chi connectivity index (χ1n) is 12.8. The number of ether oxygens (including phenoxy) is 2. The molecule has 1 spiro atoms. The van der Waals surface area contributed by atoms with Gasteiger partial charge in [0.15, 0.2) is 11.6 Å². The number of hydrogen-bond donors (Lipinski definition) is 0. The summed E-state index contributed by atoms with van der Waals surface area (Å²) in [4.78, 5) is 26.0. The van der Waals surface area contributed by atoms with Gasteiger partial charge >= 0.3 is 0 Å². The number of rotatable bonds is 0. The fraction of sp³-hybridized carbons (Fsp3) is 0.852. The van der Waals surface area contributed by atoms with Gasteiger partial charge in [0.2, 0.25) is 0 Å². The van der Waals surface area contributed by atoms with Gasteiger partial charge in [-0.1, -0.05) is 33.8 Å². The van der Waals surface area contributed by atoms with Crippen molar-refractivity contribution in [1.82, 2.24) is 0 Å². The molecular weight excluding hydrogens is 388 g/mol. The Kier molecular flexibility index (Phi) is 4.34. The zero-order valence-electron chi connectivity index (χ0n) is 19.6. The smallest absolute Gasteiger partial charge is 0.171 e. The molecule has 2 saturated heterocycles. The third-order valence-electron chi connectivity index (χ3n) is 11.2.